The summed E-state index contributed by atoms with van der Waals surface area (Å²) in [5.74, 6) is 1.51. The summed E-state index contributed by atoms with van der Waals surface area (Å²) < 4.78 is 5.46. The minimum Gasteiger partial charge on any atom is -0.420 e. The van der Waals surface area contributed by atoms with E-state index in [9.17, 15) is 0 Å². The van der Waals surface area contributed by atoms with Gasteiger partial charge in [0.25, 0.3) is 5.89 Å². The molecule has 0 bridgehead atoms. The van der Waals surface area contributed by atoms with Crippen LogP contribution in [0.5, 0.6) is 0 Å². The molecule has 5 rings (SSSR count). The van der Waals surface area contributed by atoms with Gasteiger partial charge in [-0.15, -0.1) is 10.2 Å². The lowest BCUT2D eigenvalue weighted by molar-refractivity contribution is 0.0610. The van der Waals surface area contributed by atoms with Gasteiger partial charge in [0.1, 0.15) is 0 Å². The zero-order valence-corrected chi connectivity index (χ0v) is 22.2. The lowest BCUT2D eigenvalue weighted by Crippen LogP contribution is -2.58. The molecule has 0 saturated carbocycles. The molecule has 1 aromatic carbocycles. The molecule has 0 radical (unpaired) electrons. The van der Waals surface area contributed by atoms with Gasteiger partial charge in [-0.2, -0.15) is 0 Å². The maximum Gasteiger partial charge on any atom is 0.270 e. The summed E-state index contributed by atoms with van der Waals surface area (Å²) >= 11 is 12.6. The molecule has 2 N–H and O–H groups in total. The second-order valence-electron chi connectivity index (χ2n) is 9.58. The average Bonchev–Trinajstić information content (AvgIpc) is 3.32. The fourth-order valence-electron chi connectivity index (χ4n) is 5.33. The maximum atomic E-state index is 6.57. The van der Waals surface area contributed by atoms with E-state index in [0.29, 0.717) is 34.6 Å². The number of nitrogens with zero attached hydrogens (tertiary/aromatic N) is 7. The van der Waals surface area contributed by atoms with E-state index in [2.05, 4.69) is 53.9 Å². The molecule has 3 aromatic rings. The van der Waals surface area contributed by atoms with Crippen molar-refractivity contribution >= 4 is 34.8 Å². The van der Waals surface area contributed by atoms with Crippen molar-refractivity contribution in [3.05, 3.63) is 45.9 Å². The minimum absolute atomic E-state index is 0.226. The largest absolute Gasteiger partial charge is 0.420 e. The van der Waals surface area contributed by atoms with Crippen LogP contribution < -0.4 is 10.6 Å². The van der Waals surface area contributed by atoms with Crippen LogP contribution in [0.15, 0.2) is 28.7 Å². The Balaban J connectivity index is 1.21. The number of aromatic nitrogens is 4. The van der Waals surface area contributed by atoms with Gasteiger partial charge in [0.05, 0.1) is 0 Å². The van der Waals surface area contributed by atoms with Gasteiger partial charge in [0.2, 0.25) is 5.89 Å². The average molecular weight is 531 g/mol. The number of benzene rings is 1. The van der Waals surface area contributed by atoms with Crippen molar-refractivity contribution in [2.75, 3.05) is 43.4 Å². The summed E-state index contributed by atoms with van der Waals surface area (Å²) in [4.78, 5) is 16.5. The molecule has 0 aliphatic carbocycles. The fourth-order valence-corrected chi connectivity index (χ4v) is 5.70. The van der Waals surface area contributed by atoms with Crippen LogP contribution >= 0.6 is 23.2 Å². The second kappa shape index (κ2) is 10.9. The number of nitrogens with two attached hydrogens (primary N) is 1. The van der Waals surface area contributed by atoms with Crippen LogP contribution in [-0.4, -0.2) is 74.8 Å². The lowest BCUT2D eigenvalue weighted by atomic mass is 9.98. The summed E-state index contributed by atoms with van der Waals surface area (Å²) in [6.07, 6.45) is 3.41. The molecule has 2 aliphatic heterocycles. The molecule has 2 fully saturated rings. The van der Waals surface area contributed by atoms with Gasteiger partial charge in [-0.25, -0.2) is 9.97 Å². The third kappa shape index (κ3) is 5.44. The molecule has 2 saturated heterocycles. The molecule has 36 heavy (non-hydrogen) atoms. The van der Waals surface area contributed by atoms with Crippen molar-refractivity contribution in [1.29, 1.82) is 0 Å². The number of piperazine rings is 1. The number of halogens is 2. The highest BCUT2D eigenvalue weighted by molar-refractivity contribution is 6.32. The van der Waals surface area contributed by atoms with Crippen LogP contribution in [0.3, 0.4) is 0 Å². The number of piperidine rings is 1. The number of aryl methyl sites for hydroxylation is 1. The van der Waals surface area contributed by atoms with E-state index in [-0.39, 0.29) is 11.7 Å². The smallest absolute Gasteiger partial charge is 0.270 e. The van der Waals surface area contributed by atoms with Crippen LogP contribution in [0.4, 0.5) is 11.6 Å². The van der Waals surface area contributed by atoms with Gasteiger partial charge >= 0.3 is 0 Å². The Morgan fingerprint density at radius 2 is 1.78 bits per heavy atom. The lowest BCUT2D eigenvalue weighted by Gasteiger charge is -2.47. The first kappa shape index (κ1) is 25.2. The third-order valence-corrected chi connectivity index (χ3v) is 7.74. The summed E-state index contributed by atoms with van der Waals surface area (Å²) in [5.41, 5.74) is 7.85. The van der Waals surface area contributed by atoms with E-state index < -0.39 is 0 Å². The number of nitrogen functional groups attached to an aromatic ring is 1. The zero-order valence-electron chi connectivity index (χ0n) is 20.7. The molecule has 4 heterocycles. The molecular weight excluding hydrogens is 499 g/mol. The van der Waals surface area contributed by atoms with Crippen molar-refractivity contribution < 1.29 is 4.42 Å². The van der Waals surface area contributed by atoms with Crippen LogP contribution in [0.25, 0.3) is 11.6 Å². The molecule has 0 spiro atoms. The third-order valence-electron chi connectivity index (χ3n) is 7.24. The number of rotatable bonds is 6. The van der Waals surface area contributed by atoms with E-state index >= 15 is 0 Å². The molecule has 1 atom stereocenters. The van der Waals surface area contributed by atoms with Crippen molar-refractivity contribution in [1.82, 2.24) is 30.0 Å². The molecule has 2 aliphatic rings. The minimum atomic E-state index is 0.226. The Morgan fingerprint density at radius 3 is 2.44 bits per heavy atom. The van der Waals surface area contributed by atoms with Gasteiger partial charge in [-0.1, -0.05) is 42.3 Å². The Labute approximate surface area is 221 Å². The van der Waals surface area contributed by atoms with Gasteiger partial charge in [-0.05, 0) is 50.0 Å². The first-order valence-electron chi connectivity index (χ1n) is 12.5. The van der Waals surface area contributed by atoms with Gasteiger partial charge < -0.3 is 15.1 Å². The van der Waals surface area contributed by atoms with Gasteiger partial charge in [0.15, 0.2) is 22.5 Å². The Kier molecular flexibility index (Phi) is 7.62. The number of hydrogen-bond acceptors (Lipinski definition) is 9. The van der Waals surface area contributed by atoms with Crippen molar-refractivity contribution in [3.8, 4) is 11.6 Å². The summed E-state index contributed by atoms with van der Waals surface area (Å²) in [7, 11) is 0. The molecular formula is C25H32Cl2N8O. The second-order valence-corrected chi connectivity index (χ2v) is 10.4. The molecule has 2 aromatic heterocycles. The summed E-state index contributed by atoms with van der Waals surface area (Å²) in [6.45, 7) is 9.78. The number of hydrogen-bond donors (Lipinski definition) is 1. The topological polar surface area (TPSA) is 100 Å². The van der Waals surface area contributed by atoms with Crippen molar-refractivity contribution in [2.45, 2.75) is 51.7 Å². The number of anilines is 2. The Hall–Kier alpha value is -2.46. The van der Waals surface area contributed by atoms with E-state index in [1.165, 1.54) is 18.4 Å². The van der Waals surface area contributed by atoms with Crippen molar-refractivity contribution in [2.24, 2.45) is 0 Å². The number of likely N-dealkylation sites (tertiary alicyclic amines) is 1. The molecule has 192 valence electrons. The van der Waals surface area contributed by atoms with Crippen LogP contribution in [0, 0.1) is 6.92 Å². The van der Waals surface area contributed by atoms with Gasteiger partial charge in [-0.3, -0.25) is 9.80 Å². The summed E-state index contributed by atoms with van der Waals surface area (Å²) in [5, 5.41) is 8.92. The predicted octanol–water partition coefficient (Wildman–Crippen LogP) is 4.29. The zero-order chi connectivity index (χ0) is 25.2. The SMILES string of the molecule is CC[C@H]1CN(c2nc(N)c(-c3nnc(C)o3)nc2Cl)CCN1C1CCN(Cc2ccc(Cl)cc2)CC1. The highest BCUT2D eigenvalue weighted by atomic mass is 35.5. The van der Waals surface area contributed by atoms with Crippen molar-refractivity contribution in [3.63, 3.8) is 0 Å². The highest BCUT2D eigenvalue weighted by Gasteiger charge is 2.34. The highest BCUT2D eigenvalue weighted by Crippen LogP contribution is 2.32. The van der Waals surface area contributed by atoms with Crippen LogP contribution in [-0.2, 0) is 6.54 Å². The standard InChI is InChI=1S/C25H32Cl2N8O/c1-3-19-15-34(24-22(27)29-21(23(28)30-24)25-32-31-16(2)36-25)12-13-35(19)20-8-10-33(11-9-20)14-17-4-6-18(26)7-5-17/h4-7,19-20H,3,8-15H2,1-2H3,(H2,28,30)/t19-/m0/s1. The summed E-state index contributed by atoms with van der Waals surface area (Å²) in [6, 6.07) is 9.20. The predicted molar refractivity (Wildman–Crippen MR) is 142 cm³/mol. The molecule has 11 heteroatoms. The van der Waals surface area contributed by atoms with Gasteiger partial charge in [0, 0.05) is 50.2 Å². The van der Waals surface area contributed by atoms with Crippen LogP contribution in [0.1, 0.15) is 37.6 Å². The fraction of sp³-hybridized carbons (Fsp3) is 0.520. The van der Waals surface area contributed by atoms with E-state index in [1.807, 2.05) is 12.1 Å². The molecule has 0 amide bonds. The monoisotopic (exact) mass is 530 g/mol. The maximum absolute atomic E-state index is 6.57. The van der Waals surface area contributed by atoms with E-state index in [0.717, 1.165) is 50.7 Å². The normalized spacial score (nSPS) is 20.2. The first-order valence-corrected chi connectivity index (χ1v) is 13.3. The molecule has 9 nitrogen and oxygen atoms in total. The van der Waals surface area contributed by atoms with E-state index in [4.69, 9.17) is 33.4 Å². The Bertz CT molecular complexity index is 1180. The molecule has 0 unspecified atom stereocenters. The quantitative estimate of drug-likeness (QED) is 0.499. The van der Waals surface area contributed by atoms with E-state index in [1.54, 1.807) is 6.92 Å². The first-order chi connectivity index (χ1) is 17.4. The Morgan fingerprint density at radius 1 is 1.03 bits per heavy atom. The van der Waals surface area contributed by atoms with Crippen LogP contribution in [0.2, 0.25) is 10.2 Å².